The molecule has 0 atom stereocenters. The van der Waals surface area contributed by atoms with E-state index in [9.17, 15) is 9.59 Å². The van der Waals surface area contributed by atoms with Crippen LogP contribution in [0.1, 0.15) is 23.6 Å². The lowest BCUT2D eigenvalue weighted by atomic mass is 10.2. The number of benzene rings is 1. The highest BCUT2D eigenvalue weighted by Gasteiger charge is 2.16. The highest BCUT2D eigenvalue weighted by Crippen LogP contribution is 2.28. The number of likely N-dealkylation sites (N-methyl/N-ethyl adjacent to an activating group) is 1. The topological polar surface area (TPSA) is 67.4 Å². The van der Waals surface area contributed by atoms with Crippen LogP contribution in [0.2, 0.25) is 0 Å². The van der Waals surface area contributed by atoms with Crippen molar-refractivity contribution in [2.45, 2.75) is 20.0 Å². The van der Waals surface area contributed by atoms with Crippen LogP contribution in [0.25, 0.3) is 0 Å². The Morgan fingerprint density at radius 2 is 2.11 bits per heavy atom. The average molecular weight is 248 g/mol. The number of fused-ring (bicyclic) bond motifs is 1. The quantitative estimate of drug-likeness (QED) is 0.828. The first-order valence-corrected chi connectivity index (χ1v) is 5.97. The molecule has 1 aliphatic carbocycles. The monoisotopic (exact) mass is 248 g/mol. The third kappa shape index (κ3) is 3.48. The van der Waals surface area contributed by atoms with Gasteiger partial charge in [0, 0.05) is 6.54 Å². The van der Waals surface area contributed by atoms with E-state index in [0.29, 0.717) is 6.54 Å². The highest BCUT2D eigenvalue weighted by atomic mass is 16.5. The summed E-state index contributed by atoms with van der Waals surface area (Å²) >= 11 is 0. The van der Waals surface area contributed by atoms with Crippen LogP contribution in [-0.4, -0.2) is 25.1 Å². The van der Waals surface area contributed by atoms with Crippen molar-refractivity contribution in [3.8, 4) is 0 Å². The van der Waals surface area contributed by atoms with Gasteiger partial charge in [-0.3, -0.25) is 4.79 Å². The third-order valence-corrected chi connectivity index (χ3v) is 2.66. The van der Waals surface area contributed by atoms with Crippen LogP contribution in [-0.2, 0) is 22.6 Å². The fourth-order valence-electron chi connectivity index (χ4n) is 1.65. The molecule has 0 saturated carbocycles. The van der Waals surface area contributed by atoms with E-state index in [1.165, 1.54) is 11.1 Å². The minimum absolute atomic E-state index is 0.0587. The fourth-order valence-corrected chi connectivity index (χ4v) is 1.65. The number of alkyl carbamates (subject to hydrolysis) is 1. The van der Waals surface area contributed by atoms with Crippen LogP contribution in [0.5, 0.6) is 0 Å². The molecule has 96 valence electrons. The Hall–Kier alpha value is -2.04. The average Bonchev–Trinajstić information content (AvgIpc) is 3.12. The van der Waals surface area contributed by atoms with E-state index < -0.39 is 6.09 Å². The Balaban J connectivity index is 1.67. The summed E-state index contributed by atoms with van der Waals surface area (Å²) in [6.07, 6.45) is 0.467. The van der Waals surface area contributed by atoms with Crippen LogP contribution in [0.4, 0.5) is 4.79 Å². The van der Waals surface area contributed by atoms with Crippen molar-refractivity contribution in [3.63, 3.8) is 0 Å². The molecule has 2 amide bonds. The van der Waals surface area contributed by atoms with Gasteiger partial charge in [-0.2, -0.15) is 0 Å². The van der Waals surface area contributed by atoms with Gasteiger partial charge in [0.25, 0.3) is 0 Å². The minimum Gasteiger partial charge on any atom is -0.445 e. The standard InChI is InChI=1S/C13H16N2O3/c1-2-14-12(16)7-15-13(17)18-8-9-3-4-10-6-11(10)5-9/h3-5H,2,6-8H2,1H3,(H,14,16)(H,15,17). The third-order valence-electron chi connectivity index (χ3n) is 2.66. The fraction of sp³-hybridized carbons (Fsp3) is 0.385. The first-order chi connectivity index (χ1) is 8.69. The molecule has 1 aromatic rings. The van der Waals surface area contributed by atoms with Crippen LogP contribution >= 0.6 is 0 Å². The molecule has 1 aliphatic rings. The van der Waals surface area contributed by atoms with Crippen molar-refractivity contribution >= 4 is 12.0 Å². The molecule has 2 N–H and O–H groups in total. The number of hydrogen-bond donors (Lipinski definition) is 2. The second-order valence-electron chi connectivity index (χ2n) is 4.16. The van der Waals surface area contributed by atoms with E-state index in [-0.39, 0.29) is 19.1 Å². The lowest BCUT2D eigenvalue weighted by Crippen LogP contribution is -2.36. The molecule has 2 rings (SSSR count). The van der Waals surface area contributed by atoms with Gasteiger partial charge in [0.2, 0.25) is 5.91 Å². The molecule has 0 spiro atoms. The van der Waals surface area contributed by atoms with Gasteiger partial charge in [-0.25, -0.2) is 4.79 Å². The molecule has 1 aromatic carbocycles. The molecule has 0 aromatic heterocycles. The van der Waals surface area contributed by atoms with Crippen molar-refractivity contribution < 1.29 is 14.3 Å². The number of rotatable bonds is 5. The summed E-state index contributed by atoms with van der Waals surface area (Å²) in [5.41, 5.74) is 3.65. The van der Waals surface area contributed by atoms with Crippen molar-refractivity contribution in [2.24, 2.45) is 0 Å². The molecular weight excluding hydrogens is 232 g/mol. The second kappa shape index (κ2) is 5.53. The molecule has 0 fully saturated rings. The molecule has 0 saturated heterocycles. The summed E-state index contributed by atoms with van der Waals surface area (Å²) in [5, 5.41) is 4.97. The van der Waals surface area contributed by atoms with Gasteiger partial charge in [0.05, 0.1) is 6.54 Å². The summed E-state index contributed by atoms with van der Waals surface area (Å²) in [6, 6.07) is 6.02. The number of hydrogen-bond acceptors (Lipinski definition) is 3. The number of amides is 2. The van der Waals surface area contributed by atoms with E-state index in [1.807, 2.05) is 25.1 Å². The molecule has 0 unspecified atom stereocenters. The highest BCUT2D eigenvalue weighted by molar-refractivity contribution is 5.81. The number of nitrogens with one attached hydrogen (secondary N) is 2. The van der Waals surface area contributed by atoms with E-state index in [4.69, 9.17) is 4.74 Å². The Bertz CT molecular complexity index is 471. The first kappa shape index (κ1) is 12.4. The van der Waals surface area contributed by atoms with Crippen molar-refractivity contribution in [1.82, 2.24) is 10.6 Å². The summed E-state index contributed by atoms with van der Waals surface area (Å²) in [6.45, 7) is 2.54. The van der Waals surface area contributed by atoms with E-state index in [2.05, 4.69) is 10.6 Å². The van der Waals surface area contributed by atoms with Gasteiger partial charge in [0.15, 0.2) is 0 Å². The molecule has 18 heavy (non-hydrogen) atoms. The number of ether oxygens (including phenoxy) is 1. The van der Waals surface area contributed by atoms with Gasteiger partial charge in [0.1, 0.15) is 6.61 Å². The molecule has 5 nitrogen and oxygen atoms in total. The molecule has 0 bridgehead atoms. The maximum Gasteiger partial charge on any atom is 0.407 e. The van der Waals surface area contributed by atoms with Crippen molar-refractivity contribution in [3.05, 3.63) is 34.9 Å². The zero-order chi connectivity index (χ0) is 13.0. The van der Waals surface area contributed by atoms with Crippen LogP contribution in [0.3, 0.4) is 0 Å². The van der Waals surface area contributed by atoms with E-state index >= 15 is 0 Å². The zero-order valence-corrected chi connectivity index (χ0v) is 10.3. The largest absolute Gasteiger partial charge is 0.445 e. The normalized spacial score (nSPS) is 11.4. The second-order valence-corrected chi connectivity index (χ2v) is 4.16. The Morgan fingerprint density at radius 1 is 1.28 bits per heavy atom. The van der Waals surface area contributed by atoms with Crippen LogP contribution in [0, 0.1) is 0 Å². The Labute approximate surface area is 106 Å². The molecule has 0 heterocycles. The van der Waals surface area contributed by atoms with E-state index in [1.54, 1.807) is 0 Å². The predicted octanol–water partition coefficient (Wildman–Crippen LogP) is 0.953. The molecule has 0 aliphatic heterocycles. The van der Waals surface area contributed by atoms with Gasteiger partial charge in [-0.15, -0.1) is 0 Å². The lowest BCUT2D eigenvalue weighted by Gasteiger charge is -2.06. The molecule has 0 radical (unpaired) electrons. The van der Waals surface area contributed by atoms with Gasteiger partial charge >= 0.3 is 6.09 Å². The van der Waals surface area contributed by atoms with Crippen molar-refractivity contribution in [1.29, 1.82) is 0 Å². The number of carbonyl (C=O) groups excluding carboxylic acids is 2. The molecular formula is C13H16N2O3. The lowest BCUT2D eigenvalue weighted by molar-refractivity contribution is -0.120. The maximum absolute atomic E-state index is 11.3. The SMILES string of the molecule is CCNC(=O)CNC(=O)OCc1ccc2c(c1)C2. The number of carbonyl (C=O) groups is 2. The van der Waals surface area contributed by atoms with E-state index in [0.717, 1.165) is 12.0 Å². The summed E-state index contributed by atoms with van der Waals surface area (Å²) in [5.74, 6) is -0.223. The van der Waals surface area contributed by atoms with Gasteiger partial charge in [-0.1, -0.05) is 18.2 Å². The van der Waals surface area contributed by atoms with Crippen molar-refractivity contribution in [2.75, 3.05) is 13.1 Å². The summed E-state index contributed by atoms with van der Waals surface area (Å²) in [7, 11) is 0. The van der Waals surface area contributed by atoms with Crippen LogP contribution < -0.4 is 10.6 Å². The predicted molar refractivity (Wildman–Crippen MR) is 66.1 cm³/mol. The maximum atomic E-state index is 11.3. The Kier molecular flexibility index (Phi) is 3.82. The Morgan fingerprint density at radius 3 is 2.83 bits per heavy atom. The summed E-state index contributed by atoms with van der Waals surface area (Å²) < 4.78 is 5.00. The van der Waals surface area contributed by atoms with Gasteiger partial charge in [-0.05, 0) is 30.0 Å². The minimum atomic E-state index is -0.578. The first-order valence-electron chi connectivity index (χ1n) is 5.97. The van der Waals surface area contributed by atoms with Crippen LogP contribution in [0.15, 0.2) is 18.2 Å². The smallest absolute Gasteiger partial charge is 0.407 e. The zero-order valence-electron chi connectivity index (χ0n) is 10.3. The van der Waals surface area contributed by atoms with Gasteiger partial charge < -0.3 is 15.4 Å². The summed E-state index contributed by atoms with van der Waals surface area (Å²) in [4.78, 5) is 22.4. The molecule has 5 heteroatoms.